The number of sulfonamides is 1. The number of nitrogens with one attached hydrogen (secondary N) is 1. The van der Waals surface area contributed by atoms with Gasteiger partial charge in [0.25, 0.3) is 0 Å². The number of nitrogens with two attached hydrogens (primary N) is 1. The van der Waals surface area contributed by atoms with Gasteiger partial charge in [-0.15, -0.1) is 0 Å². The molecule has 0 aliphatic carbocycles. The van der Waals surface area contributed by atoms with Crippen LogP contribution in [-0.2, 0) is 10.0 Å². The van der Waals surface area contributed by atoms with Gasteiger partial charge in [-0.3, -0.25) is 10.3 Å². The van der Waals surface area contributed by atoms with Crippen LogP contribution in [0.15, 0.2) is 0 Å². The summed E-state index contributed by atoms with van der Waals surface area (Å²) in [4.78, 5) is 2.04. The third-order valence-electron chi connectivity index (χ3n) is 3.23. The summed E-state index contributed by atoms with van der Waals surface area (Å²) in [6.45, 7) is 7.49. The van der Waals surface area contributed by atoms with E-state index in [1.54, 1.807) is 13.8 Å². The minimum absolute atomic E-state index is 0.112. The molecule has 0 bridgehead atoms. The first-order valence-electron chi connectivity index (χ1n) is 5.83. The van der Waals surface area contributed by atoms with E-state index >= 15 is 0 Å². The third-order valence-corrected chi connectivity index (χ3v) is 5.50. The average Bonchev–Trinajstić information content (AvgIpc) is 2.27. The summed E-state index contributed by atoms with van der Waals surface area (Å²) < 4.78 is 25.4. The molecule has 1 aliphatic rings. The summed E-state index contributed by atoms with van der Waals surface area (Å²) in [5.74, 6) is 0.130. The van der Waals surface area contributed by atoms with Gasteiger partial charge < -0.3 is 5.73 Å². The fraction of sp³-hybridized carbons (Fsp3) is 0.900. The molecule has 0 radical (unpaired) electrons. The number of rotatable bonds is 4. The van der Waals surface area contributed by atoms with Crippen LogP contribution in [0.1, 0.15) is 20.8 Å². The number of hydrogen-bond acceptors (Lipinski definition) is 4. The Balaban J connectivity index is 2.60. The highest BCUT2D eigenvalue weighted by atomic mass is 32.2. The Morgan fingerprint density at radius 3 is 2.00 bits per heavy atom. The van der Waals surface area contributed by atoms with Gasteiger partial charge in [-0.2, -0.15) is 4.31 Å². The second kappa shape index (κ2) is 5.32. The van der Waals surface area contributed by atoms with E-state index in [1.165, 1.54) is 4.31 Å². The Labute approximate surface area is 103 Å². The van der Waals surface area contributed by atoms with Crippen LogP contribution in [0, 0.1) is 5.41 Å². The van der Waals surface area contributed by atoms with Crippen molar-refractivity contribution in [2.45, 2.75) is 32.1 Å². The molecule has 3 N–H and O–H groups in total. The van der Waals surface area contributed by atoms with Crippen molar-refractivity contribution in [2.75, 3.05) is 26.2 Å². The van der Waals surface area contributed by atoms with Gasteiger partial charge in [-0.05, 0) is 20.8 Å². The molecular formula is C10H22N4O2S. The molecule has 0 saturated carbocycles. The molecule has 1 aliphatic heterocycles. The van der Waals surface area contributed by atoms with E-state index < -0.39 is 10.0 Å². The maximum atomic E-state index is 11.9. The smallest absolute Gasteiger partial charge is 0.216 e. The first-order valence-corrected chi connectivity index (χ1v) is 7.34. The molecule has 100 valence electrons. The Bertz CT molecular complexity index is 372. The van der Waals surface area contributed by atoms with E-state index in [2.05, 4.69) is 0 Å². The highest BCUT2D eigenvalue weighted by Crippen LogP contribution is 2.13. The minimum Gasteiger partial charge on any atom is -0.386 e. The van der Waals surface area contributed by atoms with Crippen LogP contribution >= 0.6 is 0 Å². The predicted molar refractivity (Wildman–Crippen MR) is 68.6 cm³/mol. The molecule has 1 unspecified atom stereocenters. The van der Waals surface area contributed by atoms with E-state index in [4.69, 9.17) is 11.1 Å². The Morgan fingerprint density at radius 2 is 1.65 bits per heavy atom. The second-order valence-electron chi connectivity index (χ2n) is 4.66. The topological polar surface area (TPSA) is 90.5 Å². The van der Waals surface area contributed by atoms with Gasteiger partial charge in [0, 0.05) is 26.2 Å². The van der Waals surface area contributed by atoms with E-state index in [9.17, 15) is 8.42 Å². The number of hydrogen-bond donors (Lipinski definition) is 2. The monoisotopic (exact) mass is 262 g/mol. The number of amidine groups is 1. The van der Waals surface area contributed by atoms with Crippen LogP contribution < -0.4 is 5.73 Å². The van der Waals surface area contributed by atoms with Crippen LogP contribution in [0.4, 0.5) is 0 Å². The Kier molecular flexibility index (Phi) is 4.51. The summed E-state index contributed by atoms with van der Waals surface area (Å²) >= 11 is 0. The standard InChI is InChI=1S/C10H22N4O2S/c1-8(2)17(15,16)14-6-4-13(5-7-14)9(3)10(11)12/h8-9H,4-7H2,1-3H3,(H3,11,12). The lowest BCUT2D eigenvalue weighted by Crippen LogP contribution is -2.55. The molecule has 1 atom stereocenters. The molecule has 1 saturated heterocycles. The van der Waals surface area contributed by atoms with Crippen LogP contribution in [0.3, 0.4) is 0 Å². The van der Waals surface area contributed by atoms with Crippen molar-refractivity contribution in [3.63, 3.8) is 0 Å². The quantitative estimate of drug-likeness (QED) is 0.536. The Morgan fingerprint density at radius 1 is 1.18 bits per heavy atom. The fourth-order valence-corrected chi connectivity index (χ4v) is 3.11. The lowest BCUT2D eigenvalue weighted by molar-refractivity contribution is 0.173. The molecule has 0 aromatic heterocycles. The van der Waals surface area contributed by atoms with Crippen molar-refractivity contribution >= 4 is 15.9 Å². The lowest BCUT2D eigenvalue weighted by Gasteiger charge is -2.37. The molecule has 0 spiro atoms. The zero-order chi connectivity index (χ0) is 13.2. The molecule has 6 nitrogen and oxygen atoms in total. The predicted octanol–water partition coefficient (Wildman–Crippen LogP) is -0.333. The first kappa shape index (κ1) is 14.4. The van der Waals surface area contributed by atoms with Gasteiger partial charge in [0.1, 0.15) is 5.84 Å². The third kappa shape index (κ3) is 3.17. The van der Waals surface area contributed by atoms with Crippen molar-refractivity contribution in [1.29, 1.82) is 5.41 Å². The van der Waals surface area contributed by atoms with Crippen molar-refractivity contribution in [1.82, 2.24) is 9.21 Å². The van der Waals surface area contributed by atoms with Crippen LogP contribution in [0.2, 0.25) is 0 Å². The van der Waals surface area contributed by atoms with Crippen molar-refractivity contribution in [2.24, 2.45) is 5.73 Å². The molecule has 0 aromatic carbocycles. The van der Waals surface area contributed by atoms with Gasteiger partial charge >= 0.3 is 0 Å². The van der Waals surface area contributed by atoms with Crippen LogP contribution in [-0.4, -0.2) is 60.9 Å². The van der Waals surface area contributed by atoms with Crippen LogP contribution in [0.5, 0.6) is 0 Å². The molecule has 7 heteroatoms. The van der Waals surface area contributed by atoms with Gasteiger partial charge in [0.05, 0.1) is 11.3 Å². The van der Waals surface area contributed by atoms with Gasteiger partial charge in [-0.1, -0.05) is 0 Å². The van der Waals surface area contributed by atoms with Gasteiger partial charge in [0.2, 0.25) is 10.0 Å². The molecule has 1 heterocycles. The molecule has 0 aromatic rings. The summed E-state index contributed by atoms with van der Waals surface area (Å²) in [5, 5.41) is 7.01. The van der Waals surface area contributed by atoms with E-state index in [0.29, 0.717) is 26.2 Å². The maximum absolute atomic E-state index is 11.9. The highest BCUT2D eigenvalue weighted by Gasteiger charge is 2.30. The minimum atomic E-state index is -3.15. The van der Waals surface area contributed by atoms with E-state index in [1.807, 2.05) is 11.8 Å². The fourth-order valence-electron chi connectivity index (χ4n) is 1.84. The van der Waals surface area contributed by atoms with E-state index in [-0.39, 0.29) is 17.1 Å². The lowest BCUT2D eigenvalue weighted by atomic mass is 10.2. The molecule has 1 rings (SSSR count). The second-order valence-corrected chi connectivity index (χ2v) is 7.15. The number of nitrogens with zero attached hydrogens (tertiary/aromatic N) is 2. The summed E-state index contributed by atoms with van der Waals surface area (Å²) in [5.41, 5.74) is 5.45. The molecular weight excluding hydrogens is 240 g/mol. The molecule has 1 fully saturated rings. The molecule has 17 heavy (non-hydrogen) atoms. The maximum Gasteiger partial charge on any atom is 0.216 e. The summed E-state index contributed by atoms with van der Waals surface area (Å²) in [6.07, 6.45) is 0. The zero-order valence-electron chi connectivity index (χ0n) is 10.7. The largest absolute Gasteiger partial charge is 0.386 e. The van der Waals surface area contributed by atoms with Gasteiger partial charge in [0.15, 0.2) is 0 Å². The zero-order valence-corrected chi connectivity index (χ0v) is 11.5. The highest BCUT2D eigenvalue weighted by molar-refractivity contribution is 7.89. The summed E-state index contributed by atoms with van der Waals surface area (Å²) in [6, 6.07) is -0.112. The van der Waals surface area contributed by atoms with Crippen molar-refractivity contribution < 1.29 is 8.42 Å². The SMILES string of the molecule is CC(C(=N)N)N1CCN(S(=O)(=O)C(C)C)CC1. The average molecular weight is 262 g/mol. The van der Waals surface area contributed by atoms with Gasteiger partial charge in [-0.25, -0.2) is 8.42 Å². The van der Waals surface area contributed by atoms with E-state index in [0.717, 1.165) is 0 Å². The first-order chi connectivity index (χ1) is 7.76. The Hall–Kier alpha value is -0.660. The van der Waals surface area contributed by atoms with Crippen molar-refractivity contribution in [3.05, 3.63) is 0 Å². The van der Waals surface area contributed by atoms with Crippen molar-refractivity contribution in [3.8, 4) is 0 Å². The number of piperazine rings is 1. The summed E-state index contributed by atoms with van der Waals surface area (Å²) in [7, 11) is -3.15. The molecule has 0 amide bonds. The van der Waals surface area contributed by atoms with Crippen LogP contribution in [0.25, 0.3) is 0 Å². The normalized spacial score (nSPS) is 21.6.